The smallest absolute Gasteiger partial charge is 0.406 e. The maximum Gasteiger partial charge on any atom is 0.573 e. The number of nitrogens with one attached hydrogen (secondary N) is 1. The molecule has 1 aromatic rings. The minimum atomic E-state index is -4.64. The Bertz CT molecular complexity index is 405. The quantitative estimate of drug-likeness (QED) is 0.916. The van der Waals surface area contributed by atoms with Crippen LogP contribution in [0.2, 0.25) is 0 Å². The van der Waals surface area contributed by atoms with E-state index in [2.05, 4.69) is 10.1 Å². The van der Waals surface area contributed by atoms with Crippen LogP contribution in [0.3, 0.4) is 0 Å². The molecule has 0 bridgehead atoms. The fraction of sp³-hybridized carbons (Fsp3) is 0.538. The maximum absolute atomic E-state index is 12.0. The van der Waals surface area contributed by atoms with E-state index in [-0.39, 0.29) is 11.9 Å². The second kappa shape index (κ2) is 5.79. The molecule has 2 rings (SSSR count). The zero-order valence-electron chi connectivity index (χ0n) is 10.5. The minimum absolute atomic E-state index is 0.174. The van der Waals surface area contributed by atoms with Crippen LogP contribution in [0, 0.1) is 0 Å². The maximum atomic E-state index is 12.0. The molecule has 1 heterocycles. The molecule has 19 heavy (non-hydrogen) atoms. The Hall–Kier alpha value is -1.27. The van der Waals surface area contributed by atoms with E-state index in [0.29, 0.717) is 12.6 Å². The number of halogens is 3. The summed E-state index contributed by atoms with van der Waals surface area (Å²) in [5.74, 6) is -0.200. The Morgan fingerprint density at radius 2 is 2.00 bits per heavy atom. The lowest BCUT2D eigenvalue weighted by molar-refractivity contribution is -0.274. The van der Waals surface area contributed by atoms with Crippen LogP contribution in [0.25, 0.3) is 0 Å². The fourth-order valence-electron chi connectivity index (χ4n) is 2.06. The summed E-state index contributed by atoms with van der Waals surface area (Å²) in [6, 6.07) is 6.17. The van der Waals surface area contributed by atoms with Gasteiger partial charge in [-0.25, -0.2) is 0 Å². The molecule has 0 amide bonds. The van der Waals surface area contributed by atoms with Gasteiger partial charge in [-0.15, -0.1) is 13.2 Å². The Labute approximate surface area is 109 Å². The van der Waals surface area contributed by atoms with Crippen molar-refractivity contribution in [3.63, 3.8) is 0 Å². The minimum Gasteiger partial charge on any atom is -0.406 e. The first-order chi connectivity index (χ1) is 8.94. The predicted molar refractivity (Wildman–Crippen MR) is 63.8 cm³/mol. The van der Waals surface area contributed by atoms with Gasteiger partial charge in [0.2, 0.25) is 0 Å². The first-order valence-corrected chi connectivity index (χ1v) is 6.14. The van der Waals surface area contributed by atoms with Crippen LogP contribution >= 0.6 is 0 Å². The molecule has 0 saturated carbocycles. The van der Waals surface area contributed by atoms with Gasteiger partial charge in [0.25, 0.3) is 0 Å². The second-order valence-corrected chi connectivity index (χ2v) is 4.54. The van der Waals surface area contributed by atoms with Gasteiger partial charge in [0.1, 0.15) is 5.75 Å². The molecular formula is C13H16F3NO2. The zero-order valence-corrected chi connectivity index (χ0v) is 10.5. The van der Waals surface area contributed by atoms with Crippen LogP contribution in [0.1, 0.15) is 18.9 Å². The first kappa shape index (κ1) is 14.1. The highest BCUT2D eigenvalue weighted by molar-refractivity contribution is 5.27. The fourth-order valence-corrected chi connectivity index (χ4v) is 2.06. The SMILES string of the molecule is CC1OCCC1NCc1ccc(OC(F)(F)F)cc1. The topological polar surface area (TPSA) is 30.5 Å². The van der Waals surface area contributed by atoms with Crippen molar-refractivity contribution >= 4 is 0 Å². The summed E-state index contributed by atoms with van der Waals surface area (Å²) in [5, 5.41) is 3.33. The third-order valence-corrected chi connectivity index (χ3v) is 3.10. The van der Waals surface area contributed by atoms with Gasteiger partial charge in [0.15, 0.2) is 0 Å². The van der Waals surface area contributed by atoms with Crippen molar-refractivity contribution in [2.24, 2.45) is 0 Å². The second-order valence-electron chi connectivity index (χ2n) is 4.54. The molecule has 1 fully saturated rings. The van der Waals surface area contributed by atoms with Gasteiger partial charge in [-0.3, -0.25) is 0 Å². The number of benzene rings is 1. The Morgan fingerprint density at radius 3 is 2.53 bits per heavy atom. The molecule has 2 atom stereocenters. The van der Waals surface area contributed by atoms with E-state index < -0.39 is 6.36 Å². The molecule has 1 aliphatic rings. The molecule has 0 spiro atoms. The number of alkyl halides is 3. The molecule has 3 nitrogen and oxygen atoms in total. The highest BCUT2D eigenvalue weighted by atomic mass is 19.4. The number of hydrogen-bond donors (Lipinski definition) is 1. The average Bonchev–Trinajstić information content (AvgIpc) is 2.72. The van der Waals surface area contributed by atoms with Crippen LogP contribution in [0.5, 0.6) is 5.75 Å². The molecular weight excluding hydrogens is 259 g/mol. The predicted octanol–water partition coefficient (Wildman–Crippen LogP) is 2.85. The lowest BCUT2D eigenvalue weighted by atomic mass is 10.1. The van der Waals surface area contributed by atoms with E-state index in [1.54, 1.807) is 12.1 Å². The third kappa shape index (κ3) is 4.40. The van der Waals surface area contributed by atoms with Crippen molar-refractivity contribution < 1.29 is 22.6 Å². The highest BCUT2D eigenvalue weighted by Gasteiger charge is 2.31. The Kier molecular flexibility index (Phi) is 4.31. The summed E-state index contributed by atoms with van der Waals surface area (Å²) < 4.78 is 45.2. The van der Waals surface area contributed by atoms with E-state index in [0.717, 1.165) is 18.6 Å². The molecule has 6 heteroatoms. The number of hydrogen-bond acceptors (Lipinski definition) is 3. The van der Waals surface area contributed by atoms with Gasteiger partial charge in [0, 0.05) is 19.2 Å². The zero-order chi connectivity index (χ0) is 13.9. The van der Waals surface area contributed by atoms with Crippen molar-refractivity contribution in [1.82, 2.24) is 5.32 Å². The molecule has 0 aromatic heterocycles. The van der Waals surface area contributed by atoms with Crippen molar-refractivity contribution in [3.05, 3.63) is 29.8 Å². The molecule has 1 N–H and O–H groups in total. The molecule has 0 aliphatic carbocycles. The first-order valence-electron chi connectivity index (χ1n) is 6.14. The summed E-state index contributed by atoms with van der Waals surface area (Å²) in [7, 11) is 0. The lowest BCUT2D eigenvalue weighted by Crippen LogP contribution is -2.34. The monoisotopic (exact) mass is 275 g/mol. The summed E-state index contributed by atoms with van der Waals surface area (Å²) >= 11 is 0. The molecule has 1 aliphatic heterocycles. The van der Waals surface area contributed by atoms with Crippen LogP contribution in [-0.2, 0) is 11.3 Å². The molecule has 1 aromatic carbocycles. The van der Waals surface area contributed by atoms with Gasteiger partial charge in [-0.05, 0) is 31.0 Å². The van der Waals surface area contributed by atoms with Gasteiger partial charge in [0.05, 0.1) is 6.10 Å². The lowest BCUT2D eigenvalue weighted by Gasteiger charge is -2.16. The largest absolute Gasteiger partial charge is 0.573 e. The summed E-state index contributed by atoms with van der Waals surface area (Å²) in [5.41, 5.74) is 0.911. The van der Waals surface area contributed by atoms with Gasteiger partial charge in [-0.1, -0.05) is 12.1 Å². The summed E-state index contributed by atoms with van der Waals surface area (Å²) in [6.45, 7) is 3.35. The van der Waals surface area contributed by atoms with Crippen molar-refractivity contribution in [1.29, 1.82) is 0 Å². The molecule has 2 unspecified atom stereocenters. The Balaban J connectivity index is 1.85. The van der Waals surface area contributed by atoms with E-state index in [1.165, 1.54) is 12.1 Å². The third-order valence-electron chi connectivity index (χ3n) is 3.10. The molecule has 106 valence electrons. The van der Waals surface area contributed by atoms with E-state index >= 15 is 0 Å². The average molecular weight is 275 g/mol. The van der Waals surface area contributed by atoms with E-state index in [1.807, 2.05) is 6.92 Å². The van der Waals surface area contributed by atoms with Crippen molar-refractivity contribution in [2.75, 3.05) is 6.61 Å². The summed E-state index contributed by atoms with van der Waals surface area (Å²) in [6.07, 6.45) is -3.51. The highest BCUT2D eigenvalue weighted by Crippen LogP contribution is 2.22. The molecule has 0 radical (unpaired) electrons. The van der Waals surface area contributed by atoms with E-state index in [4.69, 9.17) is 4.74 Å². The van der Waals surface area contributed by atoms with Gasteiger partial charge >= 0.3 is 6.36 Å². The van der Waals surface area contributed by atoms with E-state index in [9.17, 15) is 13.2 Å². The normalized spacial score (nSPS) is 23.6. The number of ether oxygens (including phenoxy) is 2. The van der Waals surface area contributed by atoms with Crippen molar-refractivity contribution in [3.8, 4) is 5.75 Å². The van der Waals surface area contributed by atoms with Crippen LogP contribution in [0.15, 0.2) is 24.3 Å². The van der Waals surface area contributed by atoms with Crippen molar-refractivity contribution in [2.45, 2.75) is 38.4 Å². The van der Waals surface area contributed by atoms with Crippen LogP contribution in [0.4, 0.5) is 13.2 Å². The molecule has 1 saturated heterocycles. The van der Waals surface area contributed by atoms with Crippen LogP contribution in [-0.4, -0.2) is 25.1 Å². The number of rotatable bonds is 4. The Morgan fingerprint density at radius 1 is 1.32 bits per heavy atom. The standard InChI is InChI=1S/C13H16F3NO2/c1-9-12(6-7-18-9)17-8-10-2-4-11(5-3-10)19-13(14,15)16/h2-5,9,12,17H,6-8H2,1H3. The van der Waals surface area contributed by atoms with Gasteiger partial charge < -0.3 is 14.8 Å². The van der Waals surface area contributed by atoms with Gasteiger partial charge in [-0.2, -0.15) is 0 Å². The summed E-state index contributed by atoms with van der Waals surface area (Å²) in [4.78, 5) is 0. The van der Waals surface area contributed by atoms with Crippen LogP contribution < -0.4 is 10.1 Å².